The molecule has 1 aromatic rings. The Kier molecular flexibility index (Phi) is 3.99. The molecule has 0 saturated carbocycles. The van der Waals surface area contributed by atoms with Crippen molar-refractivity contribution in [2.24, 2.45) is 0 Å². The van der Waals surface area contributed by atoms with Gasteiger partial charge in [0.15, 0.2) is 0 Å². The SMILES string of the molecule is Cc1ccc(F)c(S(=O)(=O)N2CCCNCC2)c1. The lowest BCUT2D eigenvalue weighted by molar-refractivity contribution is 0.427. The highest BCUT2D eigenvalue weighted by Crippen LogP contribution is 2.21. The van der Waals surface area contributed by atoms with Gasteiger partial charge in [-0.1, -0.05) is 6.07 Å². The molecular weight excluding hydrogens is 255 g/mol. The molecule has 0 spiro atoms. The Bertz CT molecular complexity index is 523. The summed E-state index contributed by atoms with van der Waals surface area (Å²) in [5, 5.41) is 3.13. The first-order valence-electron chi connectivity index (χ1n) is 5.99. The first kappa shape index (κ1) is 13.5. The lowest BCUT2D eigenvalue weighted by atomic mass is 10.2. The summed E-state index contributed by atoms with van der Waals surface area (Å²) in [4.78, 5) is -0.218. The van der Waals surface area contributed by atoms with E-state index in [1.54, 1.807) is 13.0 Å². The van der Waals surface area contributed by atoms with Gasteiger partial charge >= 0.3 is 0 Å². The smallest absolute Gasteiger partial charge is 0.246 e. The predicted octanol–water partition coefficient (Wildman–Crippen LogP) is 1.12. The van der Waals surface area contributed by atoms with Crippen molar-refractivity contribution < 1.29 is 12.8 Å². The summed E-state index contributed by atoms with van der Waals surface area (Å²) in [7, 11) is -3.72. The zero-order valence-corrected chi connectivity index (χ0v) is 11.1. The minimum absolute atomic E-state index is 0.218. The highest BCUT2D eigenvalue weighted by atomic mass is 32.2. The molecule has 1 aromatic carbocycles. The molecule has 1 heterocycles. The van der Waals surface area contributed by atoms with E-state index in [0.717, 1.165) is 18.5 Å². The molecule has 1 saturated heterocycles. The molecule has 0 aromatic heterocycles. The molecule has 1 N–H and O–H groups in total. The third kappa shape index (κ3) is 2.71. The molecule has 0 unspecified atom stereocenters. The van der Waals surface area contributed by atoms with Crippen LogP contribution in [0.2, 0.25) is 0 Å². The monoisotopic (exact) mass is 272 g/mol. The lowest BCUT2D eigenvalue weighted by Crippen LogP contribution is -2.34. The minimum atomic E-state index is -3.72. The van der Waals surface area contributed by atoms with Crippen molar-refractivity contribution >= 4 is 10.0 Å². The maximum absolute atomic E-state index is 13.7. The molecule has 0 radical (unpaired) electrons. The van der Waals surface area contributed by atoms with Gasteiger partial charge in [0, 0.05) is 19.6 Å². The van der Waals surface area contributed by atoms with Gasteiger partial charge in [0.2, 0.25) is 10.0 Å². The molecule has 1 aliphatic rings. The highest BCUT2D eigenvalue weighted by molar-refractivity contribution is 7.89. The van der Waals surface area contributed by atoms with E-state index in [1.807, 2.05) is 0 Å². The van der Waals surface area contributed by atoms with E-state index >= 15 is 0 Å². The highest BCUT2D eigenvalue weighted by Gasteiger charge is 2.27. The van der Waals surface area contributed by atoms with Crippen LogP contribution >= 0.6 is 0 Å². The van der Waals surface area contributed by atoms with Crippen LogP contribution in [0.5, 0.6) is 0 Å². The third-order valence-electron chi connectivity index (χ3n) is 3.00. The van der Waals surface area contributed by atoms with Gasteiger partial charge in [-0.2, -0.15) is 4.31 Å². The van der Waals surface area contributed by atoms with E-state index in [1.165, 1.54) is 16.4 Å². The standard InChI is InChI=1S/C12H17FN2O2S/c1-10-3-4-11(13)12(9-10)18(16,17)15-7-2-5-14-6-8-15/h3-4,9,14H,2,5-8H2,1H3. The summed E-state index contributed by atoms with van der Waals surface area (Å²) in [6.07, 6.45) is 0.743. The fourth-order valence-corrected chi connectivity index (χ4v) is 3.64. The van der Waals surface area contributed by atoms with E-state index in [4.69, 9.17) is 0 Å². The zero-order chi connectivity index (χ0) is 13.2. The molecule has 1 aliphatic heterocycles. The number of nitrogens with one attached hydrogen (secondary N) is 1. The van der Waals surface area contributed by atoms with Crippen molar-refractivity contribution in [2.45, 2.75) is 18.2 Å². The fourth-order valence-electron chi connectivity index (χ4n) is 2.01. The topological polar surface area (TPSA) is 49.4 Å². The third-order valence-corrected chi connectivity index (χ3v) is 4.92. The molecule has 0 bridgehead atoms. The Morgan fingerprint density at radius 2 is 2.06 bits per heavy atom. The van der Waals surface area contributed by atoms with Crippen LogP contribution in [0.4, 0.5) is 4.39 Å². The van der Waals surface area contributed by atoms with Crippen molar-refractivity contribution in [3.8, 4) is 0 Å². The van der Waals surface area contributed by atoms with E-state index in [0.29, 0.717) is 19.6 Å². The van der Waals surface area contributed by atoms with E-state index < -0.39 is 15.8 Å². The molecule has 0 aliphatic carbocycles. The van der Waals surface area contributed by atoms with Crippen LogP contribution < -0.4 is 5.32 Å². The molecule has 4 nitrogen and oxygen atoms in total. The van der Waals surface area contributed by atoms with Crippen LogP contribution in [0.3, 0.4) is 0 Å². The number of benzene rings is 1. The number of halogens is 1. The van der Waals surface area contributed by atoms with Gasteiger partial charge < -0.3 is 5.32 Å². The summed E-state index contributed by atoms with van der Waals surface area (Å²) in [6.45, 7) is 3.97. The van der Waals surface area contributed by atoms with Crippen LogP contribution in [0.25, 0.3) is 0 Å². The second-order valence-electron chi connectivity index (χ2n) is 4.44. The molecule has 100 valence electrons. The van der Waals surface area contributed by atoms with Crippen molar-refractivity contribution in [1.29, 1.82) is 0 Å². The number of hydrogen-bond acceptors (Lipinski definition) is 3. The minimum Gasteiger partial charge on any atom is -0.315 e. The summed E-state index contributed by atoms with van der Waals surface area (Å²) >= 11 is 0. The molecule has 6 heteroatoms. The number of aryl methyl sites for hydroxylation is 1. The normalized spacial score (nSPS) is 18.6. The fraction of sp³-hybridized carbons (Fsp3) is 0.500. The summed E-state index contributed by atoms with van der Waals surface area (Å²) in [6, 6.07) is 4.17. The average molecular weight is 272 g/mol. The first-order chi connectivity index (χ1) is 8.51. The summed E-state index contributed by atoms with van der Waals surface area (Å²) in [5.74, 6) is -0.683. The molecule has 2 rings (SSSR count). The summed E-state index contributed by atoms with van der Waals surface area (Å²) in [5.41, 5.74) is 0.739. The Labute approximate surface area is 107 Å². The Morgan fingerprint density at radius 1 is 1.28 bits per heavy atom. The van der Waals surface area contributed by atoms with Gasteiger partial charge in [0.25, 0.3) is 0 Å². The van der Waals surface area contributed by atoms with Gasteiger partial charge in [-0.15, -0.1) is 0 Å². The van der Waals surface area contributed by atoms with Crippen molar-refractivity contribution in [1.82, 2.24) is 9.62 Å². The van der Waals surface area contributed by atoms with Gasteiger partial charge in [-0.25, -0.2) is 12.8 Å². The van der Waals surface area contributed by atoms with E-state index in [9.17, 15) is 12.8 Å². The Balaban J connectivity index is 2.37. The van der Waals surface area contributed by atoms with Crippen molar-refractivity contribution in [2.75, 3.05) is 26.2 Å². The first-order valence-corrected chi connectivity index (χ1v) is 7.43. The van der Waals surface area contributed by atoms with Gasteiger partial charge in [0.05, 0.1) is 0 Å². The van der Waals surface area contributed by atoms with E-state index in [2.05, 4.69) is 5.32 Å². The second kappa shape index (κ2) is 5.34. The molecule has 1 fully saturated rings. The van der Waals surface area contributed by atoms with Gasteiger partial charge in [-0.05, 0) is 37.6 Å². The number of hydrogen-bond donors (Lipinski definition) is 1. The molecule has 0 amide bonds. The number of rotatable bonds is 2. The predicted molar refractivity (Wildman–Crippen MR) is 67.4 cm³/mol. The molecule has 0 atom stereocenters. The lowest BCUT2D eigenvalue weighted by Gasteiger charge is -2.20. The van der Waals surface area contributed by atoms with Crippen LogP contribution in [-0.2, 0) is 10.0 Å². The Morgan fingerprint density at radius 3 is 2.83 bits per heavy atom. The van der Waals surface area contributed by atoms with Crippen LogP contribution in [0.15, 0.2) is 23.1 Å². The van der Waals surface area contributed by atoms with Gasteiger partial charge in [-0.3, -0.25) is 0 Å². The number of sulfonamides is 1. The van der Waals surface area contributed by atoms with Crippen LogP contribution in [0, 0.1) is 12.7 Å². The maximum Gasteiger partial charge on any atom is 0.246 e. The molecule has 18 heavy (non-hydrogen) atoms. The second-order valence-corrected chi connectivity index (χ2v) is 6.35. The average Bonchev–Trinajstić information content (AvgIpc) is 2.61. The maximum atomic E-state index is 13.7. The Hall–Kier alpha value is -0.980. The zero-order valence-electron chi connectivity index (χ0n) is 10.3. The summed E-state index contributed by atoms with van der Waals surface area (Å²) < 4.78 is 39.8. The van der Waals surface area contributed by atoms with Crippen LogP contribution in [0.1, 0.15) is 12.0 Å². The number of nitrogens with zero attached hydrogens (tertiary/aromatic N) is 1. The molecular formula is C12H17FN2O2S. The quantitative estimate of drug-likeness (QED) is 0.877. The van der Waals surface area contributed by atoms with Gasteiger partial charge in [0.1, 0.15) is 10.7 Å². The van der Waals surface area contributed by atoms with Crippen molar-refractivity contribution in [3.05, 3.63) is 29.6 Å². The van der Waals surface area contributed by atoms with Crippen LogP contribution in [-0.4, -0.2) is 38.9 Å². The largest absolute Gasteiger partial charge is 0.315 e. The van der Waals surface area contributed by atoms with Crippen molar-refractivity contribution in [3.63, 3.8) is 0 Å². The van der Waals surface area contributed by atoms with E-state index in [-0.39, 0.29) is 4.90 Å².